The molecule has 1 heterocycles. The summed E-state index contributed by atoms with van der Waals surface area (Å²) in [7, 11) is 0. The number of rotatable bonds is 3. The van der Waals surface area contributed by atoms with Crippen LogP contribution in [0.1, 0.15) is 37.7 Å². The summed E-state index contributed by atoms with van der Waals surface area (Å²) in [6.45, 7) is 0.971. The van der Waals surface area contributed by atoms with Crippen molar-refractivity contribution in [2.75, 3.05) is 0 Å². The van der Waals surface area contributed by atoms with E-state index >= 15 is 0 Å². The standard InChI is InChI=1S/C12H18N2.ClH/c1-2-6-12(7-3-1)14-10-11-5-4-8-13-9-11;/h4-5,8-9,12,14H,1-3,6-7,10H2;1H. The quantitative estimate of drug-likeness (QED) is 0.858. The van der Waals surface area contributed by atoms with Crippen LogP contribution < -0.4 is 5.32 Å². The third-order valence-electron chi connectivity index (χ3n) is 2.92. The number of aromatic nitrogens is 1. The largest absolute Gasteiger partial charge is 0.310 e. The Kier molecular flexibility index (Phi) is 5.66. The van der Waals surface area contributed by atoms with Crippen molar-refractivity contribution < 1.29 is 0 Å². The molecule has 84 valence electrons. The van der Waals surface area contributed by atoms with Crippen molar-refractivity contribution in [2.24, 2.45) is 0 Å². The fraction of sp³-hybridized carbons (Fsp3) is 0.583. The van der Waals surface area contributed by atoms with Gasteiger partial charge in [0.2, 0.25) is 0 Å². The minimum absolute atomic E-state index is 0. The SMILES string of the molecule is Cl.c1cncc(CNC2CCCCC2)c1. The Morgan fingerprint density at radius 2 is 2.07 bits per heavy atom. The van der Waals surface area contributed by atoms with Crippen molar-refractivity contribution in [3.8, 4) is 0 Å². The topological polar surface area (TPSA) is 24.9 Å². The first-order chi connectivity index (χ1) is 6.95. The van der Waals surface area contributed by atoms with E-state index < -0.39 is 0 Å². The summed E-state index contributed by atoms with van der Waals surface area (Å²) in [6.07, 6.45) is 10.7. The summed E-state index contributed by atoms with van der Waals surface area (Å²) in [6, 6.07) is 4.87. The third kappa shape index (κ3) is 4.18. The second kappa shape index (κ2) is 6.81. The molecule has 2 nitrogen and oxygen atoms in total. The van der Waals surface area contributed by atoms with Gasteiger partial charge in [0.15, 0.2) is 0 Å². The van der Waals surface area contributed by atoms with E-state index in [1.807, 2.05) is 18.5 Å². The molecule has 1 aromatic heterocycles. The second-order valence-corrected chi connectivity index (χ2v) is 4.08. The van der Waals surface area contributed by atoms with E-state index in [1.54, 1.807) is 0 Å². The molecule has 0 amide bonds. The maximum absolute atomic E-state index is 4.11. The van der Waals surface area contributed by atoms with Crippen LogP contribution in [-0.2, 0) is 6.54 Å². The van der Waals surface area contributed by atoms with Crippen molar-refractivity contribution in [1.29, 1.82) is 0 Å². The first-order valence-corrected chi connectivity index (χ1v) is 5.57. The van der Waals surface area contributed by atoms with Gasteiger partial charge in [-0.25, -0.2) is 0 Å². The molecule has 0 saturated heterocycles. The van der Waals surface area contributed by atoms with Gasteiger partial charge in [0.1, 0.15) is 0 Å². The minimum Gasteiger partial charge on any atom is -0.310 e. The van der Waals surface area contributed by atoms with Crippen LogP contribution in [0.2, 0.25) is 0 Å². The van der Waals surface area contributed by atoms with Crippen LogP contribution in [0.3, 0.4) is 0 Å². The van der Waals surface area contributed by atoms with Gasteiger partial charge >= 0.3 is 0 Å². The van der Waals surface area contributed by atoms with E-state index in [0.29, 0.717) is 0 Å². The zero-order valence-electron chi connectivity index (χ0n) is 8.98. The molecule has 3 heteroatoms. The second-order valence-electron chi connectivity index (χ2n) is 4.08. The maximum Gasteiger partial charge on any atom is 0.0312 e. The van der Waals surface area contributed by atoms with Gasteiger partial charge in [-0.3, -0.25) is 4.98 Å². The molecule has 1 aromatic rings. The number of nitrogens with one attached hydrogen (secondary N) is 1. The van der Waals surface area contributed by atoms with Crippen molar-refractivity contribution >= 4 is 12.4 Å². The number of nitrogens with zero attached hydrogens (tertiary/aromatic N) is 1. The molecule has 15 heavy (non-hydrogen) atoms. The highest BCUT2D eigenvalue weighted by Gasteiger charge is 2.11. The van der Waals surface area contributed by atoms with Crippen LogP contribution in [0.15, 0.2) is 24.5 Å². The predicted molar refractivity (Wildman–Crippen MR) is 65.2 cm³/mol. The van der Waals surface area contributed by atoms with E-state index in [4.69, 9.17) is 0 Å². The summed E-state index contributed by atoms with van der Waals surface area (Å²) in [4.78, 5) is 4.11. The van der Waals surface area contributed by atoms with Crippen LogP contribution in [0, 0.1) is 0 Å². The van der Waals surface area contributed by atoms with Crippen molar-refractivity contribution in [3.05, 3.63) is 30.1 Å². The highest BCUT2D eigenvalue weighted by Crippen LogP contribution is 2.17. The zero-order chi connectivity index (χ0) is 9.64. The molecule has 0 spiro atoms. The van der Waals surface area contributed by atoms with Crippen molar-refractivity contribution in [1.82, 2.24) is 10.3 Å². The van der Waals surface area contributed by atoms with E-state index in [2.05, 4.69) is 16.4 Å². The predicted octanol–water partition coefficient (Wildman–Crippen LogP) is 2.93. The normalized spacial score (nSPS) is 17.1. The summed E-state index contributed by atoms with van der Waals surface area (Å²) >= 11 is 0. The first-order valence-electron chi connectivity index (χ1n) is 5.57. The molecule has 0 atom stereocenters. The average Bonchev–Trinajstić information content (AvgIpc) is 2.29. The van der Waals surface area contributed by atoms with Gasteiger partial charge < -0.3 is 5.32 Å². The molecular weight excluding hydrogens is 208 g/mol. The molecule has 0 radical (unpaired) electrons. The fourth-order valence-corrected chi connectivity index (χ4v) is 2.07. The Bertz CT molecular complexity index is 258. The van der Waals surface area contributed by atoms with Crippen LogP contribution in [0.4, 0.5) is 0 Å². The molecule has 1 saturated carbocycles. The highest BCUT2D eigenvalue weighted by molar-refractivity contribution is 5.85. The van der Waals surface area contributed by atoms with Crippen molar-refractivity contribution in [3.63, 3.8) is 0 Å². The van der Waals surface area contributed by atoms with Gasteiger partial charge in [-0.15, -0.1) is 12.4 Å². The molecule has 0 aromatic carbocycles. The van der Waals surface area contributed by atoms with E-state index in [1.165, 1.54) is 37.7 Å². The lowest BCUT2D eigenvalue weighted by Crippen LogP contribution is -2.30. The van der Waals surface area contributed by atoms with Gasteiger partial charge in [0, 0.05) is 25.0 Å². The monoisotopic (exact) mass is 226 g/mol. The van der Waals surface area contributed by atoms with E-state index in [-0.39, 0.29) is 12.4 Å². The van der Waals surface area contributed by atoms with Gasteiger partial charge in [-0.1, -0.05) is 25.3 Å². The van der Waals surface area contributed by atoms with E-state index in [0.717, 1.165) is 12.6 Å². The molecule has 2 rings (SSSR count). The third-order valence-corrected chi connectivity index (χ3v) is 2.92. The number of pyridine rings is 1. The van der Waals surface area contributed by atoms with Crippen LogP contribution in [-0.4, -0.2) is 11.0 Å². The average molecular weight is 227 g/mol. The molecule has 1 aliphatic rings. The molecule has 1 fully saturated rings. The maximum atomic E-state index is 4.11. The molecule has 0 bridgehead atoms. The first kappa shape index (κ1) is 12.5. The summed E-state index contributed by atoms with van der Waals surface area (Å²) in [5.41, 5.74) is 1.29. The summed E-state index contributed by atoms with van der Waals surface area (Å²) in [5.74, 6) is 0. The highest BCUT2D eigenvalue weighted by atomic mass is 35.5. The number of hydrogen-bond donors (Lipinski definition) is 1. The smallest absolute Gasteiger partial charge is 0.0312 e. The minimum atomic E-state index is 0. The fourth-order valence-electron chi connectivity index (χ4n) is 2.07. The van der Waals surface area contributed by atoms with Gasteiger partial charge in [0.25, 0.3) is 0 Å². The Morgan fingerprint density at radius 1 is 1.27 bits per heavy atom. The van der Waals surface area contributed by atoms with Gasteiger partial charge in [0.05, 0.1) is 0 Å². The van der Waals surface area contributed by atoms with Gasteiger partial charge in [-0.2, -0.15) is 0 Å². The van der Waals surface area contributed by atoms with Crippen molar-refractivity contribution in [2.45, 2.75) is 44.7 Å². The van der Waals surface area contributed by atoms with E-state index in [9.17, 15) is 0 Å². The molecule has 1 N–H and O–H groups in total. The zero-order valence-corrected chi connectivity index (χ0v) is 9.80. The van der Waals surface area contributed by atoms with Crippen LogP contribution in [0.5, 0.6) is 0 Å². The Hall–Kier alpha value is -0.600. The lowest BCUT2D eigenvalue weighted by atomic mass is 9.95. The van der Waals surface area contributed by atoms with Crippen LogP contribution in [0.25, 0.3) is 0 Å². The number of halogens is 1. The Morgan fingerprint density at radius 3 is 2.73 bits per heavy atom. The molecular formula is C12H19ClN2. The summed E-state index contributed by atoms with van der Waals surface area (Å²) in [5, 5.41) is 3.60. The lowest BCUT2D eigenvalue weighted by molar-refractivity contribution is 0.372. The van der Waals surface area contributed by atoms with Crippen LogP contribution >= 0.6 is 12.4 Å². The molecule has 0 unspecified atom stereocenters. The van der Waals surface area contributed by atoms with Gasteiger partial charge in [-0.05, 0) is 24.5 Å². The summed E-state index contributed by atoms with van der Waals surface area (Å²) < 4.78 is 0. The lowest BCUT2D eigenvalue weighted by Gasteiger charge is -2.22. The molecule has 0 aliphatic heterocycles. The molecule has 1 aliphatic carbocycles. The number of hydrogen-bond acceptors (Lipinski definition) is 2. The Balaban J connectivity index is 0.00000112. The Labute approximate surface area is 97.9 Å².